The summed E-state index contributed by atoms with van der Waals surface area (Å²) in [7, 11) is -0.807. The smallest absolute Gasteiger partial charge is 0.324 e. The predicted octanol–water partition coefficient (Wildman–Crippen LogP) is -0.573. The van der Waals surface area contributed by atoms with Gasteiger partial charge in [-0.3, -0.25) is 4.79 Å². The Labute approximate surface area is 79.7 Å². The maximum Gasteiger partial charge on any atom is 0.538 e. The Morgan fingerprint density at radius 2 is 2.08 bits per heavy atom. The van der Waals surface area contributed by atoms with E-state index in [1.165, 1.54) is 18.3 Å². The first-order chi connectivity index (χ1) is 6.19. The molecule has 5 nitrogen and oxygen atoms in total. The number of thiophene rings is 1. The SMILES string of the molecule is CC(=O)c1ccc(B(ON)ON)s1. The third kappa shape index (κ3) is 2.36. The van der Waals surface area contributed by atoms with Gasteiger partial charge in [0.25, 0.3) is 0 Å². The molecule has 4 N–H and O–H groups in total. The van der Waals surface area contributed by atoms with Gasteiger partial charge in [-0.15, -0.1) is 11.3 Å². The first kappa shape index (κ1) is 10.4. The summed E-state index contributed by atoms with van der Waals surface area (Å²) in [6.45, 7) is 1.48. The van der Waals surface area contributed by atoms with Crippen LogP contribution in [0.15, 0.2) is 12.1 Å². The average molecular weight is 200 g/mol. The molecular weight excluding hydrogens is 191 g/mol. The highest BCUT2D eigenvalue weighted by atomic mass is 32.1. The molecule has 13 heavy (non-hydrogen) atoms. The van der Waals surface area contributed by atoms with Gasteiger partial charge in [-0.2, -0.15) is 0 Å². The maximum atomic E-state index is 10.9. The summed E-state index contributed by atoms with van der Waals surface area (Å²) in [5, 5.41) is 0. The van der Waals surface area contributed by atoms with Crippen molar-refractivity contribution in [2.75, 3.05) is 0 Å². The van der Waals surface area contributed by atoms with Gasteiger partial charge in [0.1, 0.15) is 0 Å². The van der Waals surface area contributed by atoms with Crippen LogP contribution in [0.2, 0.25) is 0 Å². The summed E-state index contributed by atoms with van der Waals surface area (Å²) in [5.41, 5.74) is 0. The molecule has 0 aromatic carbocycles. The van der Waals surface area contributed by atoms with Crippen molar-refractivity contribution in [3.8, 4) is 0 Å². The number of rotatable bonds is 4. The monoisotopic (exact) mass is 200 g/mol. The molecule has 0 unspecified atom stereocenters. The normalized spacial score (nSPS) is 10.1. The van der Waals surface area contributed by atoms with Gasteiger partial charge in [0.2, 0.25) is 0 Å². The van der Waals surface area contributed by atoms with Crippen molar-refractivity contribution >= 4 is 29.0 Å². The van der Waals surface area contributed by atoms with Crippen LogP contribution in [0, 0.1) is 0 Å². The van der Waals surface area contributed by atoms with E-state index in [-0.39, 0.29) is 5.78 Å². The van der Waals surface area contributed by atoms with Crippen LogP contribution in [0.25, 0.3) is 0 Å². The van der Waals surface area contributed by atoms with Crippen molar-refractivity contribution in [1.29, 1.82) is 0 Å². The topological polar surface area (TPSA) is 87.6 Å². The van der Waals surface area contributed by atoms with Crippen molar-refractivity contribution in [1.82, 2.24) is 0 Å². The Morgan fingerprint density at radius 3 is 2.46 bits per heavy atom. The van der Waals surface area contributed by atoms with Gasteiger partial charge < -0.3 is 9.51 Å². The molecule has 1 aromatic heterocycles. The molecule has 1 rings (SSSR count). The minimum Gasteiger partial charge on any atom is -0.324 e. The highest BCUT2D eigenvalue weighted by Gasteiger charge is 2.22. The highest BCUT2D eigenvalue weighted by Crippen LogP contribution is 2.08. The zero-order chi connectivity index (χ0) is 9.84. The number of nitrogens with two attached hydrogens (primary N) is 2. The van der Waals surface area contributed by atoms with E-state index in [0.29, 0.717) is 9.65 Å². The Kier molecular flexibility index (Phi) is 3.58. The second-order valence-electron chi connectivity index (χ2n) is 2.36. The standard InChI is InChI=1S/C6H9BN2O3S/c1-4(10)5-2-3-6(13-5)7(11-8)12-9/h2-3H,8-9H2,1H3. The molecule has 7 heteroatoms. The molecule has 0 fully saturated rings. The van der Waals surface area contributed by atoms with E-state index in [1.807, 2.05) is 0 Å². The molecule has 0 amide bonds. The number of hydrogen-bond donors (Lipinski definition) is 2. The number of Topliss-reactive ketones (excluding diaryl/α,β-unsaturated/α-hetero) is 1. The molecule has 1 heterocycles. The molecule has 1 aromatic rings. The molecule has 0 atom stereocenters. The quantitative estimate of drug-likeness (QED) is 0.386. The summed E-state index contributed by atoms with van der Waals surface area (Å²) in [6, 6.07) is 3.36. The van der Waals surface area contributed by atoms with Crippen LogP contribution in [0.1, 0.15) is 16.6 Å². The fourth-order valence-electron chi connectivity index (χ4n) is 0.835. The minimum absolute atomic E-state index is 0.0101. The van der Waals surface area contributed by atoms with Gasteiger partial charge in [0.05, 0.1) is 4.88 Å². The van der Waals surface area contributed by atoms with Gasteiger partial charge >= 0.3 is 7.12 Å². The highest BCUT2D eigenvalue weighted by molar-refractivity contribution is 7.23. The summed E-state index contributed by atoms with van der Waals surface area (Å²) >= 11 is 1.24. The van der Waals surface area contributed by atoms with E-state index in [4.69, 9.17) is 11.8 Å². The van der Waals surface area contributed by atoms with Crippen molar-refractivity contribution in [2.45, 2.75) is 6.92 Å². The zero-order valence-corrected chi connectivity index (χ0v) is 7.84. The van der Waals surface area contributed by atoms with Gasteiger partial charge in [-0.25, -0.2) is 11.8 Å². The second kappa shape index (κ2) is 4.49. The van der Waals surface area contributed by atoms with Crippen LogP contribution in [-0.2, 0) is 9.51 Å². The molecule has 70 valence electrons. The number of carbonyl (C=O) groups excluding carboxylic acids is 1. The van der Waals surface area contributed by atoms with Gasteiger partial charge in [0.15, 0.2) is 5.78 Å². The predicted molar refractivity (Wildman–Crippen MR) is 50.3 cm³/mol. The lowest BCUT2D eigenvalue weighted by atomic mass is 9.89. The van der Waals surface area contributed by atoms with Gasteiger partial charge in [0, 0.05) is 4.78 Å². The molecule has 0 saturated carbocycles. The summed E-state index contributed by atoms with van der Waals surface area (Å²) < 4.78 is 9.52. The number of ketones is 1. The van der Waals surface area contributed by atoms with Gasteiger partial charge in [-0.1, -0.05) is 6.07 Å². The molecule has 0 aliphatic heterocycles. The number of carbonyl (C=O) groups is 1. The Morgan fingerprint density at radius 1 is 1.46 bits per heavy atom. The first-order valence-electron chi connectivity index (χ1n) is 3.50. The number of hydrogen-bond acceptors (Lipinski definition) is 6. The minimum atomic E-state index is -0.807. The lowest BCUT2D eigenvalue weighted by Crippen LogP contribution is -2.39. The molecule has 0 saturated heterocycles. The molecular formula is C6H9BN2O3S. The van der Waals surface area contributed by atoms with E-state index in [1.54, 1.807) is 12.1 Å². The van der Waals surface area contributed by atoms with Crippen molar-refractivity contribution in [2.24, 2.45) is 11.8 Å². The molecule has 0 aliphatic carbocycles. The lowest BCUT2D eigenvalue weighted by Gasteiger charge is -2.02. The van der Waals surface area contributed by atoms with E-state index in [2.05, 4.69) is 9.51 Å². The van der Waals surface area contributed by atoms with Crippen molar-refractivity contribution in [3.63, 3.8) is 0 Å². The summed E-state index contributed by atoms with van der Waals surface area (Å²) in [4.78, 5) is 11.5. The Balaban J connectivity index is 2.84. The van der Waals surface area contributed by atoms with Crippen LogP contribution in [0.4, 0.5) is 0 Å². The van der Waals surface area contributed by atoms with Crippen molar-refractivity contribution in [3.05, 3.63) is 17.0 Å². The lowest BCUT2D eigenvalue weighted by molar-refractivity contribution is 0.102. The molecule has 0 bridgehead atoms. The van der Waals surface area contributed by atoms with Crippen LogP contribution < -0.4 is 16.6 Å². The second-order valence-corrected chi connectivity index (χ2v) is 3.48. The molecule has 0 radical (unpaired) electrons. The van der Waals surface area contributed by atoms with E-state index in [0.717, 1.165) is 0 Å². The fraction of sp³-hybridized carbons (Fsp3) is 0.167. The zero-order valence-electron chi connectivity index (χ0n) is 7.02. The van der Waals surface area contributed by atoms with Crippen molar-refractivity contribution < 1.29 is 14.3 Å². The van der Waals surface area contributed by atoms with Gasteiger partial charge in [-0.05, 0) is 13.0 Å². The third-order valence-corrected chi connectivity index (χ3v) is 2.66. The summed E-state index contributed by atoms with van der Waals surface area (Å²) in [5.74, 6) is 9.82. The largest absolute Gasteiger partial charge is 0.538 e. The van der Waals surface area contributed by atoms with Crippen LogP contribution in [-0.4, -0.2) is 12.9 Å². The van der Waals surface area contributed by atoms with E-state index in [9.17, 15) is 4.79 Å². The fourth-order valence-corrected chi connectivity index (χ4v) is 1.71. The third-order valence-electron chi connectivity index (χ3n) is 1.45. The van der Waals surface area contributed by atoms with Crippen LogP contribution >= 0.6 is 11.3 Å². The maximum absolute atomic E-state index is 10.9. The summed E-state index contributed by atoms with van der Waals surface area (Å²) in [6.07, 6.45) is 0. The Bertz CT molecular complexity index is 300. The Hall–Kier alpha value is -0.725. The van der Waals surface area contributed by atoms with E-state index >= 15 is 0 Å². The molecule has 0 spiro atoms. The molecule has 0 aliphatic rings. The first-order valence-corrected chi connectivity index (χ1v) is 4.32. The van der Waals surface area contributed by atoms with Crippen LogP contribution in [0.5, 0.6) is 0 Å². The average Bonchev–Trinajstić information content (AvgIpc) is 2.56. The van der Waals surface area contributed by atoms with E-state index < -0.39 is 7.12 Å². The van der Waals surface area contributed by atoms with Crippen LogP contribution in [0.3, 0.4) is 0 Å².